The van der Waals surface area contributed by atoms with Crippen LogP contribution in [0.1, 0.15) is 5.56 Å². The van der Waals surface area contributed by atoms with Crippen LogP contribution in [0.4, 0.5) is 0 Å². The number of benzene rings is 1. The van der Waals surface area contributed by atoms with Gasteiger partial charge in [-0.3, -0.25) is 13.6 Å². The predicted molar refractivity (Wildman–Crippen MR) is 52.9 cm³/mol. The molecule has 0 saturated heterocycles. The fourth-order valence-corrected chi connectivity index (χ4v) is 1.57. The second-order valence-corrected chi connectivity index (χ2v) is 4.45. The molecule has 0 fully saturated rings. The van der Waals surface area contributed by atoms with Crippen LogP contribution in [-0.4, -0.2) is 14.2 Å². The molecule has 1 aromatic carbocycles. The standard InChI is InChI=1S/C9H13O4P.Pd/c1-11-14(10,12-2)13-8-9-6-4-3-5-7-9;/h3-7H,8H2,1-2H3;. The smallest absolute Gasteiger partial charge is 0.290 e. The Morgan fingerprint density at radius 2 is 1.67 bits per heavy atom. The van der Waals surface area contributed by atoms with Gasteiger partial charge in [-0.2, -0.15) is 0 Å². The van der Waals surface area contributed by atoms with E-state index in [-0.39, 0.29) is 27.0 Å². The van der Waals surface area contributed by atoms with Gasteiger partial charge in [0.2, 0.25) is 0 Å². The third kappa shape index (κ3) is 5.03. The molecule has 0 unspecified atom stereocenters. The Hall–Kier alpha value is -0.00766. The fourth-order valence-electron chi connectivity index (χ4n) is 0.908. The van der Waals surface area contributed by atoms with Crippen molar-refractivity contribution in [1.29, 1.82) is 0 Å². The van der Waals surface area contributed by atoms with Gasteiger partial charge in [0, 0.05) is 34.6 Å². The minimum atomic E-state index is -3.35. The van der Waals surface area contributed by atoms with Gasteiger partial charge < -0.3 is 0 Å². The topological polar surface area (TPSA) is 44.8 Å². The molecular weight excluding hydrogens is 309 g/mol. The Kier molecular flexibility index (Phi) is 7.29. The zero-order valence-electron chi connectivity index (χ0n) is 8.49. The number of hydrogen-bond donors (Lipinski definition) is 0. The summed E-state index contributed by atoms with van der Waals surface area (Å²) in [7, 11) is -0.773. The SMILES string of the molecule is COP(=O)(OC)OCc1ccccc1.[Pd]. The van der Waals surface area contributed by atoms with E-state index in [0.717, 1.165) is 5.56 Å². The van der Waals surface area contributed by atoms with Crippen molar-refractivity contribution in [2.45, 2.75) is 6.61 Å². The van der Waals surface area contributed by atoms with E-state index >= 15 is 0 Å². The van der Waals surface area contributed by atoms with Crippen molar-refractivity contribution in [3.8, 4) is 0 Å². The molecule has 4 nitrogen and oxygen atoms in total. The summed E-state index contributed by atoms with van der Waals surface area (Å²) < 4.78 is 25.7. The molecular formula is C9H13O4PPd. The first-order chi connectivity index (χ1) is 6.70. The first-order valence-corrected chi connectivity index (χ1v) is 5.56. The van der Waals surface area contributed by atoms with Crippen molar-refractivity contribution in [3.63, 3.8) is 0 Å². The van der Waals surface area contributed by atoms with Crippen molar-refractivity contribution in [2.24, 2.45) is 0 Å². The van der Waals surface area contributed by atoms with Crippen LogP contribution in [0.5, 0.6) is 0 Å². The first kappa shape index (κ1) is 15.0. The Bertz CT molecular complexity index is 309. The molecule has 0 aliphatic carbocycles. The van der Waals surface area contributed by atoms with E-state index in [1.807, 2.05) is 30.3 Å². The van der Waals surface area contributed by atoms with E-state index in [1.165, 1.54) is 14.2 Å². The van der Waals surface area contributed by atoms with E-state index in [1.54, 1.807) is 0 Å². The maximum Gasteiger partial charge on any atom is 0.474 e. The summed E-state index contributed by atoms with van der Waals surface area (Å²) in [4.78, 5) is 0. The Labute approximate surface area is 103 Å². The summed E-state index contributed by atoms with van der Waals surface area (Å²) in [6.07, 6.45) is 0. The zero-order chi connectivity index (χ0) is 10.4. The zero-order valence-corrected chi connectivity index (χ0v) is 10.9. The molecule has 0 aliphatic rings. The van der Waals surface area contributed by atoms with Gasteiger partial charge in [-0.15, -0.1) is 0 Å². The molecule has 6 heteroatoms. The van der Waals surface area contributed by atoms with Crippen LogP contribution < -0.4 is 0 Å². The van der Waals surface area contributed by atoms with Crippen molar-refractivity contribution in [2.75, 3.05) is 14.2 Å². The molecule has 0 radical (unpaired) electrons. The maximum absolute atomic E-state index is 11.5. The molecule has 1 rings (SSSR count). The molecule has 0 heterocycles. The maximum atomic E-state index is 11.5. The second-order valence-electron chi connectivity index (χ2n) is 2.57. The molecule has 0 bridgehead atoms. The van der Waals surface area contributed by atoms with Gasteiger partial charge in [-0.25, -0.2) is 4.57 Å². The number of hydrogen-bond acceptors (Lipinski definition) is 4. The van der Waals surface area contributed by atoms with Crippen LogP contribution >= 0.6 is 7.82 Å². The van der Waals surface area contributed by atoms with Gasteiger partial charge in [0.1, 0.15) is 0 Å². The van der Waals surface area contributed by atoms with Gasteiger partial charge in [0.15, 0.2) is 0 Å². The molecule has 0 atom stereocenters. The van der Waals surface area contributed by atoms with Gasteiger partial charge in [-0.1, -0.05) is 30.3 Å². The Morgan fingerprint density at radius 1 is 1.13 bits per heavy atom. The molecule has 0 aliphatic heterocycles. The molecule has 0 N–H and O–H groups in total. The third-order valence-electron chi connectivity index (χ3n) is 1.68. The van der Waals surface area contributed by atoms with Crippen molar-refractivity contribution in [1.82, 2.24) is 0 Å². The van der Waals surface area contributed by atoms with Crippen LogP contribution in [0.3, 0.4) is 0 Å². The largest absolute Gasteiger partial charge is 0.474 e. The molecule has 15 heavy (non-hydrogen) atoms. The van der Waals surface area contributed by atoms with Crippen molar-refractivity contribution < 1.29 is 38.6 Å². The first-order valence-electron chi connectivity index (χ1n) is 4.10. The molecule has 0 saturated carbocycles. The monoisotopic (exact) mass is 322 g/mol. The van der Waals surface area contributed by atoms with E-state index in [2.05, 4.69) is 9.05 Å². The minimum absolute atomic E-state index is 0. The van der Waals surface area contributed by atoms with Gasteiger partial charge in [0.25, 0.3) is 0 Å². The summed E-state index contributed by atoms with van der Waals surface area (Å²) in [5, 5.41) is 0. The van der Waals surface area contributed by atoms with Crippen molar-refractivity contribution >= 4 is 7.82 Å². The van der Waals surface area contributed by atoms with Crippen LogP contribution in [0.25, 0.3) is 0 Å². The Morgan fingerprint density at radius 3 is 2.13 bits per heavy atom. The molecule has 0 aromatic heterocycles. The number of phosphoric acid groups is 1. The Balaban J connectivity index is 0.00000196. The normalized spacial score (nSPS) is 10.8. The molecule has 0 amide bonds. The van der Waals surface area contributed by atoms with Gasteiger partial charge in [0.05, 0.1) is 6.61 Å². The van der Waals surface area contributed by atoms with E-state index in [9.17, 15) is 4.57 Å². The predicted octanol–water partition coefficient (Wildman–Crippen LogP) is 2.60. The summed E-state index contributed by atoms with van der Waals surface area (Å²) >= 11 is 0. The fraction of sp³-hybridized carbons (Fsp3) is 0.333. The van der Waals surface area contributed by atoms with E-state index in [0.29, 0.717) is 0 Å². The van der Waals surface area contributed by atoms with Crippen LogP contribution in [0.15, 0.2) is 30.3 Å². The second kappa shape index (κ2) is 7.30. The van der Waals surface area contributed by atoms with Crippen LogP contribution in [0, 0.1) is 0 Å². The van der Waals surface area contributed by atoms with Crippen LogP contribution in [-0.2, 0) is 45.2 Å². The molecule has 88 valence electrons. The molecule has 0 spiro atoms. The number of rotatable bonds is 5. The quantitative estimate of drug-likeness (QED) is 0.617. The van der Waals surface area contributed by atoms with Gasteiger partial charge >= 0.3 is 7.82 Å². The van der Waals surface area contributed by atoms with Crippen LogP contribution in [0.2, 0.25) is 0 Å². The average Bonchev–Trinajstić information content (AvgIpc) is 2.27. The average molecular weight is 323 g/mol. The number of phosphoric ester groups is 1. The summed E-state index contributed by atoms with van der Waals surface area (Å²) in [5.74, 6) is 0. The summed E-state index contributed by atoms with van der Waals surface area (Å²) in [5.41, 5.74) is 0.918. The minimum Gasteiger partial charge on any atom is -0.290 e. The van der Waals surface area contributed by atoms with Gasteiger partial charge in [-0.05, 0) is 5.56 Å². The summed E-state index contributed by atoms with van der Waals surface area (Å²) in [6, 6.07) is 9.40. The van der Waals surface area contributed by atoms with E-state index in [4.69, 9.17) is 4.52 Å². The summed E-state index contributed by atoms with van der Waals surface area (Å²) in [6.45, 7) is 0.208. The molecule has 1 aromatic rings. The van der Waals surface area contributed by atoms with Crippen molar-refractivity contribution in [3.05, 3.63) is 35.9 Å². The van der Waals surface area contributed by atoms with E-state index < -0.39 is 7.82 Å². The third-order valence-corrected chi connectivity index (χ3v) is 3.02.